The number of amides is 2. The summed E-state index contributed by atoms with van der Waals surface area (Å²) in [5, 5.41) is 6.68. The van der Waals surface area contributed by atoms with E-state index in [1.165, 1.54) is 0 Å². The Labute approximate surface area is 106 Å². The Hall–Kier alpha value is -1.85. The minimum atomic E-state index is -0.300. The number of hydrogen-bond acceptors (Lipinski definition) is 3. The SMILES string of the molecule is Cc1cc(C(=O)NCC(=O)N2CCCC2)nn1C. The summed E-state index contributed by atoms with van der Waals surface area (Å²) < 4.78 is 1.64. The predicted octanol–water partition coefficient (Wildman–Crippen LogP) is 0.0807. The molecule has 0 radical (unpaired) electrons. The lowest BCUT2D eigenvalue weighted by Crippen LogP contribution is -2.38. The van der Waals surface area contributed by atoms with Gasteiger partial charge < -0.3 is 10.2 Å². The van der Waals surface area contributed by atoms with Crippen molar-refractivity contribution in [2.24, 2.45) is 7.05 Å². The summed E-state index contributed by atoms with van der Waals surface area (Å²) in [6.45, 7) is 3.53. The van der Waals surface area contributed by atoms with Crippen molar-refractivity contribution in [2.75, 3.05) is 19.6 Å². The van der Waals surface area contributed by atoms with Crippen LogP contribution in [0.2, 0.25) is 0 Å². The third-order valence-corrected chi connectivity index (χ3v) is 3.21. The first-order valence-electron chi connectivity index (χ1n) is 6.14. The molecule has 2 rings (SSSR count). The van der Waals surface area contributed by atoms with Crippen LogP contribution in [0.25, 0.3) is 0 Å². The van der Waals surface area contributed by atoms with Gasteiger partial charge in [-0.3, -0.25) is 14.3 Å². The van der Waals surface area contributed by atoms with Crippen molar-refractivity contribution in [3.05, 3.63) is 17.5 Å². The van der Waals surface area contributed by atoms with Gasteiger partial charge in [-0.05, 0) is 25.8 Å². The second-order valence-electron chi connectivity index (χ2n) is 4.57. The van der Waals surface area contributed by atoms with Crippen molar-refractivity contribution in [1.82, 2.24) is 20.0 Å². The molecular weight excluding hydrogens is 232 g/mol. The van der Waals surface area contributed by atoms with E-state index < -0.39 is 0 Å². The highest BCUT2D eigenvalue weighted by Gasteiger charge is 2.19. The summed E-state index contributed by atoms with van der Waals surface area (Å²) in [7, 11) is 1.78. The van der Waals surface area contributed by atoms with Crippen LogP contribution in [0.4, 0.5) is 0 Å². The highest BCUT2D eigenvalue weighted by Crippen LogP contribution is 2.07. The van der Waals surface area contributed by atoms with Gasteiger partial charge in [0, 0.05) is 25.8 Å². The summed E-state index contributed by atoms with van der Waals surface area (Å²) in [5.41, 5.74) is 1.26. The van der Waals surface area contributed by atoms with Gasteiger partial charge in [0.15, 0.2) is 0 Å². The molecule has 1 aliphatic rings. The van der Waals surface area contributed by atoms with Gasteiger partial charge in [-0.25, -0.2) is 0 Å². The summed E-state index contributed by atoms with van der Waals surface area (Å²) in [5.74, 6) is -0.320. The van der Waals surface area contributed by atoms with Gasteiger partial charge in [0.25, 0.3) is 5.91 Å². The number of aromatic nitrogens is 2. The van der Waals surface area contributed by atoms with E-state index in [9.17, 15) is 9.59 Å². The van der Waals surface area contributed by atoms with Crippen LogP contribution < -0.4 is 5.32 Å². The maximum atomic E-state index is 11.8. The second kappa shape index (κ2) is 5.20. The van der Waals surface area contributed by atoms with Crippen molar-refractivity contribution in [1.29, 1.82) is 0 Å². The van der Waals surface area contributed by atoms with Crippen LogP contribution in [-0.4, -0.2) is 46.1 Å². The average Bonchev–Trinajstić information content (AvgIpc) is 2.97. The smallest absolute Gasteiger partial charge is 0.272 e. The van der Waals surface area contributed by atoms with Crippen molar-refractivity contribution in [2.45, 2.75) is 19.8 Å². The van der Waals surface area contributed by atoms with Crippen LogP contribution in [0.15, 0.2) is 6.07 Å². The molecule has 1 fully saturated rings. The maximum absolute atomic E-state index is 11.8. The van der Waals surface area contributed by atoms with Gasteiger partial charge in [-0.15, -0.1) is 0 Å². The third-order valence-electron chi connectivity index (χ3n) is 3.21. The molecule has 0 bridgehead atoms. The Kier molecular flexibility index (Phi) is 3.64. The molecule has 0 aromatic carbocycles. The fraction of sp³-hybridized carbons (Fsp3) is 0.583. The fourth-order valence-electron chi connectivity index (χ4n) is 2.00. The van der Waals surface area contributed by atoms with E-state index in [2.05, 4.69) is 10.4 Å². The molecule has 0 unspecified atom stereocenters. The van der Waals surface area contributed by atoms with Crippen molar-refractivity contribution < 1.29 is 9.59 Å². The van der Waals surface area contributed by atoms with Crippen LogP contribution in [0.3, 0.4) is 0 Å². The molecule has 6 nitrogen and oxygen atoms in total. The lowest BCUT2D eigenvalue weighted by Gasteiger charge is -2.14. The molecule has 18 heavy (non-hydrogen) atoms. The Bertz CT molecular complexity index is 441. The van der Waals surface area contributed by atoms with Gasteiger partial charge >= 0.3 is 0 Å². The van der Waals surface area contributed by atoms with Gasteiger partial charge in [-0.1, -0.05) is 0 Å². The Morgan fingerprint density at radius 3 is 2.61 bits per heavy atom. The summed E-state index contributed by atoms with van der Waals surface area (Å²) in [6, 6.07) is 1.70. The van der Waals surface area contributed by atoms with E-state index in [1.54, 1.807) is 22.7 Å². The topological polar surface area (TPSA) is 67.2 Å². The fourth-order valence-corrected chi connectivity index (χ4v) is 2.00. The van der Waals surface area contributed by atoms with E-state index in [0.29, 0.717) is 5.69 Å². The van der Waals surface area contributed by atoms with E-state index in [-0.39, 0.29) is 18.4 Å². The van der Waals surface area contributed by atoms with Gasteiger partial charge in [-0.2, -0.15) is 5.10 Å². The largest absolute Gasteiger partial charge is 0.342 e. The second-order valence-corrected chi connectivity index (χ2v) is 4.57. The molecule has 1 aromatic heterocycles. The molecule has 0 spiro atoms. The molecule has 0 atom stereocenters. The molecule has 1 saturated heterocycles. The van der Waals surface area contributed by atoms with Crippen molar-refractivity contribution in [3.63, 3.8) is 0 Å². The number of aryl methyl sites for hydroxylation is 2. The molecular formula is C12H18N4O2. The standard InChI is InChI=1S/C12H18N4O2/c1-9-7-10(14-15(9)2)12(18)13-8-11(17)16-5-3-4-6-16/h7H,3-6,8H2,1-2H3,(H,13,18). The quantitative estimate of drug-likeness (QED) is 0.826. The average molecular weight is 250 g/mol. The zero-order valence-electron chi connectivity index (χ0n) is 10.8. The van der Waals surface area contributed by atoms with Gasteiger partial charge in [0.1, 0.15) is 5.69 Å². The van der Waals surface area contributed by atoms with E-state index in [4.69, 9.17) is 0 Å². The summed E-state index contributed by atoms with van der Waals surface area (Å²) in [4.78, 5) is 25.3. The van der Waals surface area contributed by atoms with Crippen LogP contribution in [0.1, 0.15) is 29.0 Å². The van der Waals surface area contributed by atoms with Crippen molar-refractivity contribution >= 4 is 11.8 Å². The number of carbonyl (C=O) groups excluding carboxylic acids is 2. The first-order chi connectivity index (χ1) is 8.58. The summed E-state index contributed by atoms with van der Waals surface area (Å²) in [6.07, 6.45) is 2.11. The Balaban J connectivity index is 1.86. The van der Waals surface area contributed by atoms with E-state index >= 15 is 0 Å². The third kappa shape index (κ3) is 2.69. The maximum Gasteiger partial charge on any atom is 0.272 e. The molecule has 98 valence electrons. The van der Waals surface area contributed by atoms with Crippen LogP contribution >= 0.6 is 0 Å². The van der Waals surface area contributed by atoms with E-state index in [1.807, 2.05) is 6.92 Å². The van der Waals surface area contributed by atoms with Crippen LogP contribution in [0, 0.1) is 6.92 Å². The number of likely N-dealkylation sites (tertiary alicyclic amines) is 1. The monoisotopic (exact) mass is 250 g/mol. The molecule has 2 amide bonds. The zero-order valence-corrected chi connectivity index (χ0v) is 10.8. The lowest BCUT2D eigenvalue weighted by molar-refractivity contribution is -0.129. The molecule has 0 aliphatic carbocycles. The molecule has 2 heterocycles. The molecule has 1 N–H and O–H groups in total. The van der Waals surface area contributed by atoms with Gasteiger partial charge in [0.2, 0.25) is 5.91 Å². The van der Waals surface area contributed by atoms with E-state index in [0.717, 1.165) is 31.6 Å². The van der Waals surface area contributed by atoms with Crippen LogP contribution in [0.5, 0.6) is 0 Å². The first kappa shape index (κ1) is 12.6. The number of carbonyl (C=O) groups is 2. The number of rotatable bonds is 3. The number of nitrogens with one attached hydrogen (secondary N) is 1. The Morgan fingerprint density at radius 1 is 1.39 bits per heavy atom. The van der Waals surface area contributed by atoms with Crippen LogP contribution in [-0.2, 0) is 11.8 Å². The van der Waals surface area contributed by atoms with Crippen molar-refractivity contribution in [3.8, 4) is 0 Å². The highest BCUT2D eigenvalue weighted by atomic mass is 16.2. The van der Waals surface area contributed by atoms with Gasteiger partial charge in [0.05, 0.1) is 6.54 Å². The lowest BCUT2D eigenvalue weighted by atomic mass is 10.3. The first-order valence-corrected chi connectivity index (χ1v) is 6.14. The molecule has 0 saturated carbocycles. The minimum Gasteiger partial charge on any atom is -0.342 e. The summed E-state index contributed by atoms with van der Waals surface area (Å²) >= 11 is 0. The highest BCUT2D eigenvalue weighted by molar-refractivity contribution is 5.94. The molecule has 1 aromatic rings. The zero-order chi connectivity index (χ0) is 13.1. The Morgan fingerprint density at radius 2 is 2.06 bits per heavy atom. The number of nitrogens with zero attached hydrogens (tertiary/aromatic N) is 3. The molecule has 1 aliphatic heterocycles. The molecule has 6 heteroatoms. The number of hydrogen-bond donors (Lipinski definition) is 1. The predicted molar refractivity (Wildman–Crippen MR) is 66.1 cm³/mol. The normalized spacial score (nSPS) is 14.9. The minimum absolute atomic E-state index is 0.0199.